The van der Waals surface area contributed by atoms with Crippen molar-refractivity contribution in [3.8, 4) is 0 Å². The van der Waals surface area contributed by atoms with Crippen LogP contribution in [0.1, 0.15) is 23.6 Å². The Morgan fingerprint density at radius 1 is 0.958 bits per heavy atom. The smallest absolute Gasteiger partial charge is 0.513 e. The van der Waals surface area contributed by atoms with Gasteiger partial charge in [-0.15, -0.1) is 0 Å². The predicted octanol–water partition coefficient (Wildman–Crippen LogP) is 3.79. The molecule has 0 N–H and O–H groups in total. The Balaban J connectivity index is 3.08. The third-order valence-corrected chi connectivity index (χ3v) is 12.9. The molecule has 0 radical (unpaired) electrons. The molecule has 0 aromatic heterocycles. The summed E-state index contributed by atoms with van der Waals surface area (Å²) < 4.78 is 18.9. The largest absolute Gasteiger partial charge is 0.527 e. The molecular weight excluding hydrogens is 365 g/mol. The Morgan fingerprint density at radius 2 is 1.46 bits per heavy atom. The van der Waals surface area contributed by atoms with Gasteiger partial charge < -0.3 is 12.7 Å². The molecule has 136 valence electrons. The molecule has 24 heavy (non-hydrogen) atoms. The maximum absolute atomic E-state index is 6.32. The normalized spacial score (nSPS) is 14.1. The van der Waals surface area contributed by atoms with Crippen molar-refractivity contribution in [2.24, 2.45) is 0 Å². The van der Waals surface area contributed by atoms with Gasteiger partial charge in [-0.05, 0) is 82.3 Å². The van der Waals surface area contributed by atoms with Gasteiger partial charge in [0.05, 0.1) is 15.6 Å². The minimum Gasteiger partial charge on any atom is -0.513 e. The molecule has 7 heteroatoms. The molecule has 0 unspecified atom stereocenters. The van der Waals surface area contributed by atoms with Crippen LogP contribution in [0.3, 0.4) is 0 Å². The van der Waals surface area contributed by atoms with E-state index in [4.69, 9.17) is 12.7 Å². The summed E-state index contributed by atoms with van der Waals surface area (Å²) in [5, 5.41) is 1.05. The molecule has 3 nitrogen and oxygen atoms in total. The molecule has 0 fully saturated rings. The highest BCUT2D eigenvalue weighted by Gasteiger charge is 2.31. The Hall–Kier alpha value is -0.452. The van der Waals surface area contributed by atoms with Gasteiger partial charge in [0.2, 0.25) is 0 Å². The Bertz CT molecular complexity index is 585. The van der Waals surface area contributed by atoms with E-state index in [0.29, 0.717) is 0 Å². The van der Waals surface area contributed by atoms with Crippen molar-refractivity contribution in [3.63, 3.8) is 0 Å². The third kappa shape index (κ3) is 7.20. The molecule has 0 aliphatic carbocycles. The van der Waals surface area contributed by atoms with Crippen LogP contribution in [0.4, 0.5) is 0 Å². The van der Waals surface area contributed by atoms with Crippen LogP contribution in [0.25, 0.3) is 5.57 Å². The quantitative estimate of drug-likeness (QED) is 0.516. The second-order valence-electron chi connectivity index (χ2n) is 8.30. The van der Waals surface area contributed by atoms with Crippen LogP contribution < -0.4 is 0 Å². The monoisotopic (exact) mass is 398 g/mol. The van der Waals surface area contributed by atoms with Crippen molar-refractivity contribution in [1.82, 2.24) is 0 Å². The molecule has 1 aromatic carbocycles. The number of hydrogen-bond acceptors (Lipinski definition) is 3. The zero-order valence-electron chi connectivity index (χ0n) is 17.0. The Labute approximate surface area is 155 Å². The topological polar surface area (TPSA) is 27.7 Å². The minimum absolute atomic E-state index is 0.847. The van der Waals surface area contributed by atoms with Gasteiger partial charge in [0.25, 0.3) is 0 Å². The SMILES string of the molecule is CC(=C([SiH3])O[SiH](O[Si](C)(C)C)O[Si](C)(C)C)c1cccc(C)c1C. The molecule has 0 saturated carbocycles. The molecule has 0 amide bonds. The molecule has 1 aromatic rings. The number of aryl methyl sites for hydroxylation is 1. The van der Waals surface area contributed by atoms with E-state index in [1.54, 1.807) is 0 Å². The zero-order chi connectivity index (χ0) is 18.7. The fourth-order valence-electron chi connectivity index (χ4n) is 2.23. The summed E-state index contributed by atoms with van der Waals surface area (Å²) in [6.07, 6.45) is 0. The molecule has 0 atom stereocenters. The molecule has 0 heterocycles. The van der Waals surface area contributed by atoms with E-state index in [1.807, 2.05) is 0 Å². The number of rotatable bonds is 7. The van der Waals surface area contributed by atoms with Crippen molar-refractivity contribution in [2.75, 3.05) is 0 Å². The maximum atomic E-state index is 6.32. The van der Waals surface area contributed by atoms with Crippen LogP contribution in [-0.2, 0) is 12.7 Å². The van der Waals surface area contributed by atoms with Crippen molar-refractivity contribution >= 4 is 42.0 Å². The van der Waals surface area contributed by atoms with Crippen LogP contribution >= 0.6 is 0 Å². The maximum Gasteiger partial charge on any atom is 0.527 e. The molecule has 0 spiro atoms. The molecule has 0 saturated heterocycles. The average Bonchev–Trinajstić information content (AvgIpc) is 2.37. The van der Waals surface area contributed by atoms with E-state index < -0.39 is 26.2 Å². The second kappa shape index (κ2) is 8.28. The van der Waals surface area contributed by atoms with Gasteiger partial charge in [0.1, 0.15) is 0 Å². The Morgan fingerprint density at radius 3 is 1.92 bits per heavy atom. The molecular formula is C17H34O3Si4. The lowest BCUT2D eigenvalue weighted by atomic mass is 9.99. The predicted molar refractivity (Wildman–Crippen MR) is 116 cm³/mol. The summed E-state index contributed by atoms with van der Waals surface area (Å²) in [6.45, 7) is 19.6. The highest BCUT2D eigenvalue weighted by atomic mass is 28.5. The van der Waals surface area contributed by atoms with Gasteiger partial charge >= 0.3 is 9.53 Å². The third-order valence-electron chi connectivity index (χ3n) is 3.71. The van der Waals surface area contributed by atoms with Crippen LogP contribution in [0.5, 0.6) is 0 Å². The first-order chi connectivity index (χ1) is 10.8. The minimum atomic E-state index is -2.15. The highest BCUT2D eigenvalue weighted by molar-refractivity contribution is 6.79. The lowest BCUT2D eigenvalue weighted by Gasteiger charge is -2.30. The van der Waals surface area contributed by atoms with Crippen LogP contribution in [0.15, 0.2) is 23.6 Å². The second-order valence-corrected chi connectivity index (χ2v) is 20.4. The fourth-order valence-corrected chi connectivity index (χ4v) is 9.17. The summed E-state index contributed by atoms with van der Waals surface area (Å²) in [6, 6.07) is 6.44. The van der Waals surface area contributed by atoms with Crippen molar-refractivity contribution in [2.45, 2.75) is 60.1 Å². The van der Waals surface area contributed by atoms with E-state index in [-0.39, 0.29) is 0 Å². The van der Waals surface area contributed by atoms with E-state index in [1.165, 1.54) is 22.3 Å². The molecule has 0 aliphatic rings. The van der Waals surface area contributed by atoms with Gasteiger partial charge in [0, 0.05) is 0 Å². The standard InChI is InChI=1S/C17H34O3Si4/c1-13-11-10-12-16(14(13)2)15(3)17(21)18-22(19-23(4,5)6)20-24(7,8)9/h10-12,22H,1-9,21H3. The molecule has 1 rings (SSSR count). The van der Waals surface area contributed by atoms with E-state index in [0.717, 1.165) is 15.6 Å². The zero-order valence-corrected chi connectivity index (χ0v) is 22.2. The van der Waals surface area contributed by atoms with Crippen LogP contribution in [0.2, 0.25) is 39.3 Å². The molecule has 0 bridgehead atoms. The first-order valence-corrected chi connectivity index (χ1v) is 17.8. The van der Waals surface area contributed by atoms with E-state index in [2.05, 4.69) is 78.3 Å². The van der Waals surface area contributed by atoms with Gasteiger partial charge in [-0.2, -0.15) is 0 Å². The summed E-state index contributed by atoms with van der Waals surface area (Å²) in [5.74, 6) is 0. The lowest BCUT2D eigenvalue weighted by molar-refractivity contribution is 0.264. The van der Waals surface area contributed by atoms with Gasteiger partial charge in [0.15, 0.2) is 16.6 Å². The first kappa shape index (κ1) is 21.6. The number of allylic oxidation sites excluding steroid dienone is 1. The molecule has 0 aliphatic heterocycles. The first-order valence-electron chi connectivity index (χ1n) is 8.56. The van der Waals surface area contributed by atoms with Crippen molar-refractivity contribution in [3.05, 3.63) is 40.3 Å². The van der Waals surface area contributed by atoms with E-state index >= 15 is 0 Å². The summed E-state index contributed by atoms with van der Waals surface area (Å²) in [4.78, 5) is 0. The summed E-state index contributed by atoms with van der Waals surface area (Å²) in [5.41, 5.74) is 5.13. The summed E-state index contributed by atoms with van der Waals surface area (Å²) in [7, 11) is -4.69. The lowest BCUT2D eigenvalue weighted by Crippen LogP contribution is -2.45. The van der Waals surface area contributed by atoms with Gasteiger partial charge in [-0.25, -0.2) is 0 Å². The number of hydrogen-bond donors (Lipinski definition) is 0. The fraction of sp³-hybridized carbons (Fsp3) is 0.529. The average molecular weight is 399 g/mol. The van der Waals surface area contributed by atoms with Crippen LogP contribution in [0, 0.1) is 13.8 Å². The highest BCUT2D eigenvalue weighted by Crippen LogP contribution is 2.24. The van der Waals surface area contributed by atoms with Crippen LogP contribution in [-0.4, -0.2) is 36.4 Å². The van der Waals surface area contributed by atoms with Crippen molar-refractivity contribution < 1.29 is 12.7 Å². The van der Waals surface area contributed by atoms with Gasteiger partial charge in [-0.3, -0.25) is 0 Å². The van der Waals surface area contributed by atoms with Gasteiger partial charge in [-0.1, -0.05) is 18.2 Å². The summed E-state index contributed by atoms with van der Waals surface area (Å²) >= 11 is 0. The van der Waals surface area contributed by atoms with E-state index in [9.17, 15) is 0 Å². The Kier molecular flexibility index (Phi) is 7.45. The van der Waals surface area contributed by atoms with Crippen molar-refractivity contribution in [1.29, 1.82) is 0 Å². The number of benzene rings is 1.